The van der Waals surface area contributed by atoms with Crippen molar-refractivity contribution in [2.24, 2.45) is 0 Å². The number of methoxy groups -OCH3 is 3. The number of benzene rings is 2. The molecule has 0 saturated carbocycles. The van der Waals surface area contributed by atoms with E-state index in [4.69, 9.17) is 24.2 Å². The lowest BCUT2D eigenvalue weighted by atomic mass is 10.0. The number of amides is 1. The van der Waals surface area contributed by atoms with Crippen molar-refractivity contribution in [3.63, 3.8) is 0 Å². The summed E-state index contributed by atoms with van der Waals surface area (Å²) in [6, 6.07) is 11.9. The standard InChI is InChI=1S/C27H28N6O5S/c1-36-20-11-10-18(13-21(20)37-2)29-23-22-25(39-15-28-22)32-27(31-23)33-12-4-5-19(14-33)30-24(34)16-6-8-17(9-7-16)26(35)38-3/h6-11,13,15,19H,4-5,12,14H2,1-3H3,(H,30,34)(H,29,31,32). The molecular formula is C27H28N6O5S. The third-order valence-corrected chi connectivity index (χ3v) is 7.16. The maximum atomic E-state index is 12.9. The van der Waals surface area contributed by atoms with E-state index in [-0.39, 0.29) is 11.9 Å². The van der Waals surface area contributed by atoms with E-state index in [0.717, 1.165) is 29.9 Å². The molecule has 1 amide bonds. The van der Waals surface area contributed by atoms with Crippen LogP contribution < -0.4 is 25.0 Å². The van der Waals surface area contributed by atoms with Crippen molar-refractivity contribution in [2.45, 2.75) is 18.9 Å². The Hall–Kier alpha value is -4.45. The predicted molar refractivity (Wildman–Crippen MR) is 149 cm³/mol. The number of anilines is 3. The highest BCUT2D eigenvalue weighted by Gasteiger charge is 2.25. The maximum Gasteiger partial charge on any atom is 0.337 e. The number of aromatic nitrogens is 3. The van der Waals surface area contributed by atoms with Crippen LogP contribution in [0.1, 0.15) is 33.6 Å². The number of carbonyl (C=O) groups is 2. The lowest BCUT2D eigenvalue weighted by Gasteiger charge is -2.33. The van der Waals surface area contributed by atoms with Crippen molar-refractivity contribution in [1.82, 2.24) is 20.3 Å². The summed E-state index contributed by atoms with van der Waals surface area (Å²) in [5.74, 6) is 1.74. The average molecular weight is 549 g/mol. The molecule has 1 fully saturated rings. The molecule has 0 spiro atoms. The van der Waals surface area contributed by atoms with Gasteiger partial charge in [0.25, 0.3) is 5.91 Å². The minimum atomic E-state index is -0.442. The van der Waals surface area contributed by atoms with Gasteiger partial charge in [-0.05, 0) is 49.2 Å². The Morgan fingerprint density at radius 2 is 1.77 bits per heavy atom. The molecule has 1 atom stereocenters. The number of nitrogens with one attached hydrogen (secondary N) is 2. The zero-order chi connectivity index (χ0) is 27.4. The number of hydrogen-bond acceptors (Lipinski definition) is 11. The van der Waals surface area contributed by atoms with Crippen molar-refractivity contribution < 1.29 is 23.8 Å². The first-order valence-corrected chi connectivity index (χ1v) is 13.2. The summed E-state index contributed by atoms with van der Waals surface area (Å²) >= 11 is 1.44. The molecule has 1 unspecified atom stereocenters. The second kappa shape index (κ2) is 11.5. The van der Waals surface area contributed by atoms with Crippen LogP contribution in [0.4, 0.5) is 17.5 Å². The number of piperidine rings is 1. The summed E-state index contributed by atoms with van der Waals surface area (Å²) in [7, 11) is 4.50. The van der Waals surface area contributed by atoms with E-state index in [1.54, 1.807) is 44.0 Å². The van der Waals surface area contributed by atoms with Crippen LogP contribution in [-0.4, -0.2) is 67.3 Å². The van der Waals surface area contributed by atoms with Gasteiger partial charge in [0.1, 0.15) is 5.52 Å². The zero-order valence-corrected chi connectivity index (χ0v) is 22.6. The lowest BCUT2D eigenvalue weighted by molar-refractivity contribution is 0.0600. The lowest BCUT2D eigenvalue weighted by Crippen LogP contribution is -2.48. The Balaban J connectivity index is 1.32. The first-order valence-electron chi connectivity index (χ1n) is 12.3. The van der Waals surface area contributed by atoms with Gasteiger partial charge in [0.2, 0.25) is 5.95 Å². The number of thiazole rings is 1. The van der Waals surface area contributed by atoms with Gasteiger partial charge in [-0.1, -0.05) is 0 Å². The largest absolute Gasteiger partial charge is 0.493 e. The number of rotatable bonds is 8. The molecule has 0 aliphatic carbocycles. The predicted octanol–water partition coefficient (Wildman–Crippen LogP) is 4.03. The fraction of sp³-hybridized carbons (Fsp3) is 0.296. The van der Waals surface area contributed by atoms with Crippen molar-refractivity contribution in [2.75, 3.05) is 44.6 Å². The van der Waals surface area contributed by atoms with Gasteiger partial charge in [0.15, 0.2) is 22.1 Å². The molecule has 202 valence electrons. The normalized spacial score (nSPS) is 15.1. The second-order valence-corrected chi connectivity index (χ2v) is 9.73. The molecular weight excluding hydrogens is 520 g/mol. The van der Waals surface area contributed by atoms with Crippen LogP contribution in [0.2, 0.25) is 0 Å². The molecule has 1 saturated heterocycles. The molecule has 0 radical (unpaired) electrons. The minimum absolute atomic E-state index is 0.0884. The molecule has 3 heterocycles. The molecule has 11 nitrogen and oxygen atoms in total. The summed E-state index contributed by atoms with van der Waals surface area (Å²) < 4.78 is 15.5. The number of esters is 1. The molecule has 12 heteroatoms. The molecule has 5 rings (SSSR count). The number of nitrogens with zero attached hydrogens (tertiary/aromatic N) is 4. The number of ether oxygens (including phenoxy) is 3. The number of fused-ring (bicyclic) bond motifs is 1. The average Bonchev–Trinajstić information content (AvgIpc) is 3.46. The number of hydrogen-bond donors (Lipinski definition) is 2. The van der Waals surface area contributed by atoms with E-state index in [0.29, 0.717) is 46.5 Å². The summed E-state index contributed by atoms with van der Waals surface area (Å²) in [5, 5.41) is 6.45. The molecule has 4 aromatic rings. The van der Waals surface area contributed by atoms with Crippen LogP contribution >= 0.6 is 11.3 Å². The highest BCUT2D eigenvalue weighted by atomic mass is 32.1. The number of carbonyl (C=O) groups excluding carboxylic acids is 2. The molecule has 1 aliphatic rings. The summed E-state index contributed by atoms with van der Waals surface area (Å²) in [6.45, 7) is 1.33. The van der Waals surface area contributed by atoms with Gasteiger partial charge in [0.05, 0.1) is 32.4 Å². The van der Waals surface area contributed by atoms with Crippen LogP contribution in [0.5, 0.6) is 11.5 Å². The van der Waals surface area contributed by atoms with Gasteiger partial charge in [-0.25, -0.2) is 9.78 Å². The SMILES string of the molecule is COC(=O)c1ccc(C(=O)NC2CCCN(c3nc(Nc4ccc(OC)c(OC)c4)c4ncsc4n3)C2)cc1. The van der Waals surface area contributed by atoms with Crippen LogP contribution in [0.15, 0.2) is 48.0 Å². The third-order valence-electron chi connectivity index (χ3n) is 6.44. The first kappa shape index (κ1) is 26.2. The van der Waals surface area contributed by atoms with Crippen molar-refractivity contribution in [1.29, 1.82) is 0 Å². The van der Waals surface area contributed by atoms with Gasteiger partial charge in [-0.3, -0.25) is 4.79 Å². The Bertz CT molecular complexity index is 1490. The van der Waals surface area contributed by atoms with Crippen LogP contribution in [-0.2, 0) is 4.74 Å². The van der Waals surface area contributed by atoms with E-state index in [9.17, 15) is 9.59 Å². The molecule has 0 bridgehead atoms. The van der Waals surface area contributed by atoms with Gasteiger partial charge in [0, 0.05) is 36.4 Å². The monoisotopic (exact) mass is 548 g/mol. The van der Waals surface area contributed by atoms with Crippen LogP contribution in [0.25, 0.3) is 10.3 Å². The molecule has 2 N–H and O–H groups in total. The van der Waals surface area contributed by atoms with E-state index >= 15 is 0 Å². The summed E-state index contributed by atoms with van der Waals surface area (Å²) in [4.78, 5) is 41.4. The fourth-order valence-electron chi connectivity index (χ4n) is 4.45. The highest BCUT2D eigenvalue weighted by Crippen LogP contribution is 2.33. The Labute approximate surface area is 229 Å². The van der Waals surface area contributed by atoms with Gasteiger partial charge in [-0.15, -0.1) is 11.3 Å². The van der Waals surface area contributed by atoms with E-state index in [1.165, 1.54) is 18.4 Å². The molecule has 1 aliphatic heterocycles. The Morgan fingerprint density at radius 1 is 1.00 bits per heavy atom. The molecule has 39 heavy (non-hydrogen) atoms. The van der Waals surface area contributed by atoms with Gasteiger partial charge >= 0.3 is 5.97 Å². The van der Waals surface area contributed by atoms with Gasteiger partial charge < -0.3 is 29.7 Å². The highest BCUT2D eigenvalue weighted by molar-refractivity contribution is 7.16. The molecule has 2 aromatic carbocycles. The fourth-order valence-corrected chi connectivity index (χ4v) is 5.10. The Kier molecular flexibility index (Phi) is 7.73. The van der Waals surface area contributed by atoms with E-state index in [2.05, 4.69) is 20.5 Å². The van der Waals surface area contributed by atoms with Gasteiger partial charge in [-0.2, -0.15) is 9.97 Å². The van der Waals surface area contributed by atoms with Crippen LogP contribution in [0, 0.1) is 0 Å². The van der Waals surface area contributed by atoms with E-state index in [1.807, 2.05) is 18.2 Å². The maximum absolute atomic E-state index is 12.9. The zero-order valence-electron chi connectivity index (χ0n) is 21.8. The quantitative estimate of drug-likeness (QED) is 0.312. The summed E-state index contributed by atoms with van der Waals surface area (Å²) in [5.41, 5.74) is 4.06. The molecule has 2 aromatic heterocycles. The first-order chi connectivity index (χ1) is 19.0. The van der Waals surface area contributed by atoms with E-state index < -0.39 is 5.97 Å². The Morgan fingerprint density at radius 3 is 2.51 bits per heavy atom. The minimum Gasteiger partial charge on any atom is -0.493 e. The second-order valence-electron chi connectivity index (χ2n) is 8.90. The van der Waals surface area contributed by atoms with Crippen molar-refractivity contribution in [3.05, 3.63) is 59.1 Å². The van der Waals surface area contributed by atoms with Crippen molar-refractivity contribution >= 4 is 51.0 Å². The summed E-state index contributed by atoms with van der Waals surface area (Å²) in [6.07, 6.45) is 1.71. The van der Waals surface area contributed by atoms with Crippen LogP contribution in [0.3, 0.4) is 0 Å². The topological polar surface area (TPSA) is 128 Å². The smallest absolute Gasteiger partial charge is 0.337 e. The van der Waals surface area contributed by atoms with Crippen molar-refractivity contribution in [3.8, 4) is 11.5 Å². The third kappa shape index (κ3) is 5.70.